The molecule has 0 radical (unpaired) electrons. The third-order valence-corrected chi connectivity index (χ3v) is 2.91. The fraction of sp³-hybridized carbons (Fsp3) is 0.333. The Morgan fingerprint density at radius 2 is 0.913 bits per heavy atom. The van der Waals surface area contributed by atoms with E-state index in [1.165, 1.54) is 0 Å². The highest BCUT2D eigenvalue weighted by molar-refractivity contribution is 5.37. The van der Waals surface area contributed by atoms with Gasteiger partial charge in [0, 0.05) is 13.2 Å². The van der Waals surface area contributed by atoms with Gasteiger partial charge in [-0.05, 0) is 62.4 Å². The molecule has 0 spiro atoms. The summed E-state index contributed by atoms with van der Waals surface area (Å²) in [6.45, 7) is 5.61. The van der Waals surface area contributed by atoms with Gasteiger partial charge in [0.1, 0.15) is 23.0 Å². The SMILES string of the molecule is CCOCOc1ccc(Oc2ccc(OCOCC)cc2)cc1. The molecule has 0 unspecified atom stereocenters. The van der Waals surface area contributed by atoms with Gasteiger partial charge >= 0.3 is 0 Å². The third kappa shape index (κ3) is 6.18. The van der Waals surface area contributed by atoms with Gasteiger partial charge in [0.05, 0.1) is 0 Å². The maximum atomic E-state index is 5.77. The smallest absolute Gasteiger partial charge is 0.189 e. The third-order valence-electron chi connectivity index (χ3n) is 2.91. The highest BCUT2D eigenvalue weighted by Crippen LogP contribution is 2.25. The van der Waals surface area contributed by atoms with E-state index in [1.54, 1.807) is 0 Å². The van der Waals surface area contributed by atoms with Crippen molar-refractivity contribution in [3.63, 3.8) is 0 Å². The van der Waals surface area contributed by atoms with Crippen molar-refractivity contribution in [1.82, 2.24) is 0 Å². The maximum Gasteiger partial charge on any atom is 0.189 e. The van der Waals surface area contributed by atoms with Crippen LogP contribution in [0.1, 0.15) is 13.8 Å². The summed E-state index contributed by atoms with van der Waals surface area (Å²) in [4.78, 5) is 0. The lowest BCUT2D eigenvalue weighted by Gasteiger charge is -2.09. The van der Waals surface area contributed by atoms with Crippen molar-refractivity contribution in [3.8, 4) is 23.0 Å². The molecule has 0 saturated heterocycles. The van der Waals surface area contributed by atoms with Crippen molar-refractivity contribution in [2.45, 2.75) is 13.8 Å². The zero-order valence-electron chi connectivity index (χ0n) is 13.5. The Balaban J connectivity index is 1.84. The zero-order valence-corrected chi connectivity index (χ0v) is 13.5. The van der Waals surface area contributed by atoms with Crippen LogP contribution in [-0.4, -0.2) is 26.8 Å². The van der Waals surface area contributed by atoms with Gasteiger partial charge < -0.3 is 23.7 Å². The molecule has 0 bridgehead atoms. The van der Waals surface area contributed by atoms with Crippen LogP contribution in [0.3, 0.4) is 0 Å². The topological polar surface area (TPSA) is 46.2 Å². The monoisotopic (exact) mass is 318 g/mol. The van der Waals surface area contributed by atoms with Gasteiger partial charge in [-0.15, -0.1) is 0 Å². The quantitative estimate of drug-likeness (QED) is 0.485. The van der Waals surface area contributed by atoms with E-state index in [9.17, 15) is 0 Å². The van der Waals surface area contributed by atoms with E-state index in [0.29, 0.717) is 13.2 Å². The second-order valence-corrected chi connectivity index (χ2v) is 4.55. The first kappa shape index (κ1) is 17.1. The Bertz CT molecular complexity index is 499. The molecule has 0 aliphatic rings. The van der Waals surface area contributed by atoms with Crippen LogP contribution in [0.25, 0.3) is 0 Å². The average molecular weight is 318 g/mol. The van der Waals surface area contributed by atoms with Crippen LogP contribution in [-0.2, 0) is 9.47 Å². The Labute approximate surface area is 136 Å². The summed E-state index contributed by atoms with van der Waals surface area (Å²) in [6, 6.07) is 14.8. The zero-order chi connectivity index (χ0) is 16.3. The van der Waals surface area contributed by atoms with E-state index >= 15 is 0 Å². The van der Waals surface area contributed by atoms with Gasteiger partial charge in [0.15, 0.2) is 13.6 Å². The summed E-state index contributed by atoms with van der Waals surface area (Å²) >= 11 is 0. The Kier molecular flexibility index (Phi) is 7.23. The van der Waals surface area contributed by atoms with E-state index in [2.05, 4.69) is 0 Å². The van der Waals surface area contributed by atoms with E-state index in [0.717, 1.165) is 23.0 Å². The van der Waals surface area contributed by atoms with Crippen molar-refractivity contribution in [1.29, 1.82) is 0 Å². The molecule has 0 heterocycles. The van der Waals surface area contributed by atoms with Gasteiger partial charge in [0.2, 0.25) is 0 Å². The minimum Gasteiger partial charge on any atom is -0.468 e. The molecule has 0 atom stereocenters. The van der Waals surface area contributed by atoms with Crippen molar-refractivity contribution >= 4 is 0 Å². The summed E-state index contributed by atoms with van der Waals surface area (Å²) in [5.74, 6) is 2.95. The molecule has 5 heteroatoms. The van der Waals surface area contributed by atoms with Gasteiger partial charge in [-0.1, -0.05) is 0 Å². The number of benzene rings is 2. The van der Waals surface area contributed by atoms with Gasteiger partial charge in [-0.3, -0.25) is 0 Å². The number of rotatable bonds is 10. The first-order valence-electron chi connectivity index (χ1n) is 7.61. The van der Waals surface area contributed by atoms with Crippen molar-refractivity contribution in [2.24, 2.45) is 0 Å². The molecule has 5 nitrogen and oxygen atoms in total. The van der Waals surface area contributed by atoms with Crippen molar-refractivity contribution in [2.75, 3.05) is 26.8 Å². The normalized spacial score (nSPS) is 10.3. The van der Waals surface area contributed by atoms with E-state index in [1.807, 2.05) is 62.4 Å². The van der Waals surface area contributed by atoms with Crippen LogP contribution in [0.4, 0.5) is 0 Å². The van der Waals surface area contributed by atoms with Gasteiger partial charge in [0.25, 0.3) is 0 Å². The van der Waals surface area contributed by atoms with Crippen LogP contribution in [0.2, 0.25) is 0 Å². The predicted octanol–water partition coefficient (Wildman–Crippen LogP) is 4.22. The minimum atomic E-state index is 0.250. The Morgan fingerprint density at radius 3 is 1.26 bits per heavy atom. The largest absolute Gasteiger partial charge is 0.468 e. The highest BCUT2D eigenvalue weighted by Gasteiger charge is 2.00. The summed E-state index contributed by atoms with van der Waals surface area (Å²) < 4.78 is 26.9. The molecule has 23 heavy (non-hydrogen) atoms. The molecule has 0 amide bonds. The molecular formula is C18H22O5. The fourth-order valence-electron chi connectivity index (χ4n) is 1.73. The standard InChI is InChI=1S/C18H22O5/c1-3-19-13-21-15-5-9-17(10-6-15)23-18-11-7-16(8-12-18)22-14-20-4-2/h5-12H,3-4,13-14H2,1-2H3. The second-order valence-electron chi connectivity index (χ2n) is 4.55. The van der Waals surface area contributed by atoms with Crippen LogP contribution in [0, 0.1) is 0 Å². The van der Waals surface area contributed by atoms with Crippen LogP contribution in [0.15, 0.2) is 48.5 Å². The highest BCUT2D eigenvalue weighted by atomic mass is 16.7. The molecule has 0 aliphatic heterocycles. The van der Waals surface area contributed by atoms with Gasteiger partial charge in [-0.2, -0.15) is 0 Å². The lowest BCUT2D eigenvalue weighted by molar-refractivity contribution is 0.0222. The number of hydrogen-bond donors (Lipinski definition) is 0. The van der Waals surface area contributed by atoms with Crippen LogP contribution < -0.4 is 14.2 Å². The molecule has 0 fully saturated rings. The summed E-state index contributed by atoms with van der Waals surface area (Å²) in [6.07, 6.45) is 0. The lowest BCUT2D eigenvalue weighted by atomic mass is 10.3. The molecule has 0 N–H and O–H groups in total. The van der Waals surface area contributed by atoms with Crippen molar-refractivity contribution in [3.05, 3.63) is 48.5 Å². The number of hydrogen-bond acceptors (Lipinski definition) is 5. The molecule has 2 rings (SSSR count). The van der Waals surface area contributed by atoms with E-state index in [-0.39, 0.29) is 13.6 Å². The van der Waals surface area contributed by atoms with E-state index < -0.39 is 0 Å². The molecule has 124 valence electrons. The summed E-state index contributed by atoms with van der Waals surface area (Å²) in [5.41, 5.74) is 0. The van der Waals surface area contributed by atoms with Crippen LogP contribution >= 0.6 is 0 Å². The number of ether oxygens (including phenoxy) is 5. The predicted molar refractivity (Wildman–Crippen MR) is 87.2 cm³/mol. The second kappa shape index (κ2) is 9.71. The molecule has 0 aromatic heterocycles. The van der Waals surface area contributed by atoms with Gasteiger partial charge in [-0.25, -0.2) is 0 Å². The van der Waals surface area contributed by atoms with E-state index in [4.69, 9.17) is 23.7 Å². The van der Waals surface area contributed by atoms with Crippen molar-refractivity contribution < 1.29 is 23.7 Å². The lowest BCUT2D eigenvalue weighted by Crippen LogP contribution is -2.02. The molecule has 2 aromatic rings. The first-order chi connectivity index (χ1) is 11.3. The summed E-state index contributed by atoms with van der Waals surface area (Å²) in [7, 11) is 0. The summed E-state index contributed by atoms with van der Waals surface area (Å²) in [5, 5.41) is 0. The molecule has 0 saturated carbocycles. The molecular weight excluding hydrogens is 296 g/mol. The molecule has 0 aliphatic carbocycles. The van der Waals surface area contributed by atoms with Crippen LogP contribution in [0.5, 0.6) is 23.0 Å². The fourth-order valence-corrected chi connectivity index (χ4v) is 1.73. The first-order valence-corrected chi connectivity index (χ1v) is 7.61. The Hall–Kier alpha value is -2.24. The maximum absolute atomic E-state index is 5.77. The average Bonchev–Trinajstić information content (AvgIpc) is 2.58. The minimum absolute atomic E-state index is 0.250. The Morgan fingerprint density at radius 1 is 0.565 bits per heavy atom. The molecule has 2 aromatic carbocycles.